The van der Waals surface area contributed by atoms with Crippen LogP contribution < -0.4 is 5.46 Å². The molecule has 3 nitrogen and oxygen atoms in total. The summed E-state index contributed by atoms with van der Waals surface area (Å²) < 4.78 is 24.8. The summed E-state index contributed by atoms with van der Waals surface area (Å²) in [5, 5.41) is 9.81. The Morgan fingerprint density at radius 1 is 1.17 bits per heavy atom. The van der Waals surface area contributed by atoms with E-state index < -0.39 is 24.1 Å². The highest BCUT2D eigenvalue weighted by Gasteiger charge is 2.52. The highest BCUT2D eigenvalue weighted by atomic mass is 35.5. The molecule has 1 aromatic rings. The molecular formula is C12H15BClFO3. The molecule has 0 bridgehead atoms. The summed E-state index contributed by atoms with van der Waals surface area (Å²) in [5.41, 5.74) is -0.898. The second-order valence-corrected chi connectivity index (χ2v) is 5.82. The van der Waals surface area contributed by atoms with E-state index in [2.05, 4.69) is 0 Å². The SMILES string of the molecule is CC1(C)OB(c2cc(F)cc(Cl)c2O)OC1(C)C. The van der Waals surface area contributed by atoms with E-state index in [1.165, 1.54) is 6.07 Å². The lowest BCUT2D eigenvalue weighted by Crippen LogP contribution is -2.41. The molecule has 0 atom stereocenters. The highest BCUT2D eigenvalue weighted by molar-refractivity contribution is 6.63. The molecule has 0 saturated carbocycles. The van der Waals surface area contributed by atoms with E-state index in [1.807, 2.05) is 27.7 Å². The molecule has 18 heavy (non-hydrogen) atoms. The summed E-state index contributed by atoms with van der Waals surface area (Å²) in [6, 6.07) is 2.22. The van der Waals surface area contributed by atoms with Gasteiger partial charge in [-0.05, 0) is 39.8 Å². The van der Waals surface area contributed by atoms with Crippen molar-refractivity contribution in [2.75, 3.05) is 0 Å². The van der Waals surface area contributed by atoms with Gasteiger partial charge in [-0.3, -0.25) is 0 Å². The van der Waals surface area contributed by atoms with E-state index >= 15 is 0 Å². The van der Waals surface area contributed by atoms with Crippen LogP contribution in [0.15, 0.2) is 12.1 Å². The van der Waals surface area contributed by atoms with Gasteiger partial charge in [-0.25, -0.2) is 4.39 Å². The fourth-order valence-corrected chi connectivity index (χ4v) is 1.95. The van der Waals surface area contributed by atoms with Gasteiger partial charge in [-0.15, -0.1) is 0 Å². The molecule has 1 aliphatic rings. The number of aromatic hydroxyl groups is 1. The molecule has 6 heteroatoms. The lowest BCUT2D eigenvalue weighted by Gasteiger charge is -2.32. The number of hydrogen-bond acceptors (Lipinski definition) is 3. The van der Waals surface area contributed by atoms with Crippen molar-refractivity contribution in [3.8, 4) is 5.75 Å². The van der Waals surface area contributed by atoms with Crippen LogP contribution in [0.3, 0.4) is 0 Å². The van der Waals surface area contributed by atoms with Gasteiger partial charge in [0.2, 0.25) is 0 Å². The third-order valence-electron chi connectivity index (χ3n) is 3.56. The minimum Gasteiger partial charge on any atom is -0.507 e. The van der Waals surface area contributed by atoms with E-state index in [1.54, 1.807) is 0 Å². The summed E-state index contributed by atoms with van der Waals surface area (Å²) in [6.07, 6.45) is 0. The van der Waals surface area contributed by atoms with Gasteiger partial charge in [0.05, 0.1) is 16.2 Å². The van der Waals surface area contributed by atoms with E-state index in [0.29, 0.717) is 0 Å². The van der Waals surface area contributed by atoms with Crippen LogP contribution in [-0.4, -0.2) is 23.4 Å². The third-order valence-corrected chi connectivity index (χ3v) is 3.85. The van der Waals surface area contributed by atoms with Gasteiger partial charge in [-0.2, -0.15) is 0 Å². The number of phenolic OH excluding ortho intramolecular Hbond substituents is 1. The van der Waals surface area contributed by atoms with Gasteiger partial charge < -0.3 is 14.4 Å². The van der Waals surface area contributed by atoms with Crippen molar-refractivity contribution in [3.05, 3.63) is 23.0 Å². The van der Waals surface area contributed by atoms with Crippen molar-refractivity contribution in [2.24, 2.45) is 0 Å². The minimum absolute atomic E-state index is 0.0558. The number of benzene rings is 1. The molecule has 1 saturated heterocycles. The van der Waals surface area contributed by atoms with Crippen LogP contribution in [0.1, 0.15) is 27.7 Å². The maximum atomic E-state index is 13.3. The zero-order valence-electron chi connectivity index (χ0n) is 10.8. The topological polar surface area (TPSA) is 38.7 Å². The van der Waals surface area contributed by atoms with Crippen molar-refractivity contribution in [2.45, 2.75) is 38.9 Å². The first kappa shape index (κ1) is 13.7. The van der Waals surface area contributed by atoms with Gasteiger partial charge in [0.25, 0.3) is 0 Å². The quantitative estimate of drug-likeness (QED) is 0.798. The van der Waals surface area contributed by atoms with Gasteiger partial charge in [-0.1, -0.05) is 11.6 Å². The second-order valence-electron chi connectivity index (χ2n) is 5.41. The molecule has 0 aliphatic carbocycles. The molecule has 2 rings (SSSR count). The predicted molar refractivity (Wildman–Crippen MR) is 68.8 cm³/mol. The Labute approximate surface area is 111 Å². The minimum atomic E-state index is -0.830. The molecule has 1 N–H and O–H groups in total. The Morgan fingerprint density at radius 2 is 1.67 bits per heavy atom. The predicted octanol–water partition coefficient (Wildman–Crippen LogP) is 2.48. The fourth-order valence-electron chi connectivity index (χ4n) is 1.74. The molecule has 1 aliphatic heterocycles. The molecule has 0 radical (unpaired) electrons. The Hall–Kier alpha value is -0.775. The average molecular weight is 273 g/mol. The van der Waals surface area contributed by atoms with Crippen molar-refractivity contribution >= 4 is 24.2 Å². The molecule has 1 aromatic carbocycles. The summed E-state index contributed by atoms with van der Waals surface area (Å²) in [4.78, 5) is 0. The Kier molecular flexibility index (Phi) is 3.12. The number of rotatable bonds is 1. The van der Waals surface area contributed by atoms with Gasteiger partial charge in [0.15, 0.2) is 0 Å². The molecular weight excluding hydrogens is 257 g/mol. The van der Waals surface area contributed by atoms with E-state index in [-0.39, 0.29) is 16.2 Å². The Morgan fingerprint density at radius 3 is 2.17 bits per heavy atom. The van der Waals surface area contributed by atoms with Crippen molar-refractivity contribution in [1.29, 1.82) is 0 Å². The van der Waals surface area contributed by atoms with Crippen molar-refractivity contribution < 1.29 is 18.8 Å². The number of halogens is 2. The van der Waals surface area contributed by atoms with Crippen LogP contribution in [0.25, 0.3) is 0 Å². The fraction of sp³-hybridized carbons (Fsp3) is 0.500. The van der Waals surface area contributed by atoms with Crippen LogP contribution in [0.4, 0.5) is 4.39 Å². The standard InChI is InChI=1S/C12H15BClFO3/c1-11(2)12(3,4)18-13(17-11)8-5-7(15)6-9(14)10(8)16/h5-6,16H,1-4H3. The van der Waals surface area contributed by atoms with Crippen LogP contribution in [0, 0.1) is 5.82 Å². The summed E-state index contributed by atoms with van der Waals surface area (Å²) in [7, 11) is -0.830. The number of phenols is 1. The van der Waals surface area contributed by atoms with Crippen LogP contribution >= 0.6 is 11.6 Å². The summed E-state index contributed by atoms with van der Waals surface area (Å²) >= 11 is 5.74. The van der Waals surface area contributed by atoms with E-state index in [0.717, 1.165) is 6.07 Å². The zero-order valence-corrected chi connectivity index (χ0v) is 11.5. The molecule has 0 amide bonds. The second kappa shape index (κ2) is 4.12. The smallest absolute Gasteiger partial charge is 0.498 e. The lowest BCUT2D eigenvalue weighted by atomic mass is 9.78. The van der Waals surface area contributed by atoms with E-state index in [9.17, 15) is 9.50 Å². The van der Waals surface area contributed by atoms with Crippen LogP contribution in [0.2, 0.25) is 5.02 Å². The lowest BCUT2D eigenvalue weighted by molar-refractivity contribution is 0.00578. The van der Waals surface area contributed by atoms with Crippen LogP contribution in [-0.2, 0) is 9.31 Å². The molecule has 1 fully saturated rings. The molecule has 98 valence electrons. The normalized spacial score (nSPS) is 21.3. The first-order valence-electron chi connectivity index (χ1n) is 5.67. The Bertz CT molecular complexity index is 474. The summed E-state index contributed by atoms with van der Waals surface area (Å²) in [5.74, 6) is -0.751. The molecule has 0 unspecified atom stereocenters. The first-order chi connectivity index (χ1) is 8.14. The number of hydrogen-bond donors (Lipinski definition) is 1. The summed E-state index contributed by atoms with van der Waals surface area (Å²) in [6.45, 7) is 7.52. The monoisotopic (exact) mass is 272 g/mol. The van der Waals surface area contributed by atoms with E-state index in [4.69, 9.17) is 20.9 Å². The van der Waals surface area contributed by atoms with Crippen LogP contribution in [0.5, 0.6) is 5.75 Å². The van der Waals surface area contributed by atoms with Gasteiger partial charge >= 0.3 is 7.12 Å². The first-order valence-corrected chi connectivity index (χ1v) is 6.05. The van der Waals surface area contributed by atoms with Crippen molar-refractivity contribution in [3.63, 3.8) is 0 Å². The average Bonchev–Trinajstić information content (AvgIpc) is 2.42. The third kappa shape index (κ3) is 2.11. The molecule has 0 spiro atoms. The maximum absolute atomic E-state index is 13.3. The zero-order chi connectivity index (χ0) is 13.7. The Balaban J connectivity index is 2.41. The molecule has 0 aromatic heterocycles. The maximum Gasteiger partial charge on any atom is 0.498 e. The van der Waals surface area contributed by atoms with Crippen molar-refractivity contribution in [1.82, 2.24) is 0 Å². The molecule has 1 heterocycles. The van der Waals surface area contributed by atoms with Gasteiger partial charge in [0, 0.05) is 5.46 Å². The largest absolute Gasteiger partial charge is 0.507 e. The van der Waals surface area contributed by atoms with Gasteiger partial charge in [0.1, 0.15) is 11.6 Å². The highest BCUT2D eigenvalue weighted by Crippen LogP contribution is 2.37.